The van der Waals surface area contributed by atoms with Crippen LogP contribution in [0.2, 0.25) is 0 Å². The first-order chi connectivity index (χ1) is 8.27. The van der Waals surface area contributed by atoms with Crippen LogP contribution in [0.3, 0.4) is 0 Å². The van der Waals surface area contributed by atoms with Gasteiger partial charge in [-0.15, -0.1) is 0 Å². The van der Waals surface area contributed by atoms with Crippen LogP contribution in [-0.4, -0.2) is 30.0 Å². The van der Waals surface area contributed by atoms with E-state index in [1.165, 1.54) is 12.3 Å². The minimum absolute atomic E-state index is 0.115. The second-order valence-electron chi connectivity index (χ2n) is 4.28. The number of hydrogen-bond acceptors (Lipinski definition) is 3. The van der Waals surface area contributed by atoms with E-state index in [0.717, 1.165) is 32.4 Å². The van der Waals surface area contributed by atoms with Crippen LogP contribution in [0.1, 0.15) is 29.6 Å². The Morgan fingerprint density at radius 1 is 1.41 bits per heavy atom. The SMILES string of the molecule is O=C(NC1CCCCNC1)c1ccc[nH]c1=O. The first-order valence-corrected chi connectivity index (χ1v) is 5.96. The predicted molar refractivity (Wildman–Crippen MR) is 65.0 cm³/mol. The van der Waals surface area contributed by atoms with Crippen molar-refractivity contribution in [1.82, 2.24) is 15.6 Å². The third-order valence-electron chi connectivity index (χ3n) is 2.94. The number of aromatic nitrogens is 1. The third-order valence-corrected chi connectivity index (χ3v) is 2.94. The summed E-state index contributed by atoms with van der Waals surface area (Å²) in [6, 6.07) is 3.31. The van der Waals surface area contributed by atoms with Gasteiger partial charge in [-0.05, 0) is 31.5 Å². The molecule has 0 bridgehead atoms. The molecule has 1 unspecified atom stereocenters. The maximum atomic E-state index is 11.9. The second kappa shape index (κ2) is 5.63. The van der Waals surface area contributed by atoms with E-state index in [1.54, 1.807) is 6.07 Å². The number of carbonyl (C=O) groups is 1. The molecule has 0 spiro atoms. The Bertz CT molecular complexity index is 433. The predicted octanol–water partition coefficient (Wildman–Crippen LogP) is 0.247. The highest BCUT2D eigenvalue weighted by atomic mass is 16.2. The van der Waals surface area contributed by atoms with Crippen molar-refractivity contribution in [3.05, 3.63) is 34.2 Å². The molecule has 1 atom stereocenters. The molecule has 0 saturated carbocycles. The van der Waals surface area contributed by atoms with E-state index in [-0.39, 0.29) is 23.1 Å². The fourth-order valence-electron chi connectivity index (χ4n) is 2.01. The normalized spacial score (nSPS) is 20.6. The maximum Gasteiger partial charge on any atom is 0.260 e. The quantitative estimate of drug-likeness (QED) is 0.687. The highest BCUT2D eigenvalue weighted by Crippen LogP contribution is 2.04. The summed E-state index contributed by atoms with van der Waals surface area (Å²) in [6.45, 7) is 1.77. The zero-order chi connectivity index (χ0) is 12.1. The van der Waals surface area contributed by atoms with Crippen molar-refractivity contribution in [2.75, 3.05) is 13.1 Å². The monoisotopic (exact) mass is 235 g/mol. The molecule has 3 N–H and O–H groups in total. The molecule has 92 valence electrons. The van der Waals surface area contributed by atoms with E-state index >= 15 is 0 Å². The van der Waals surface area contributed by atoms with Crippen molar-refractivity contribution >= 4 is 5.91 Å². The number of nitrogens with one attached hydrogen (secondary N) is 3. The average Bonchev–Trinajstić information content (AvgIpc) is 2.58. The molecule has 1 saturated heterocycles. The van der Waals surface area contributed by atoms with Gasteiger partial charge in [0.25, 0.3) is 11.5 Å². The van der Waals surface area contributed by atoms with Gasteiger partial charge in [0.05, 0.1) is 0 Å². The molecule has 17 heavy (non-hydrogen) atoms. The Balaban J connectivity index is 2.01. The van der Waals surface area contributed by atoms with Gasteiger partial charge in [0.1, 0.15) is 5.56 Å². The Morgan fingerprint density at radius 3 is 3.12 bits per heavy atom. The fourth-order valence-corrected chi connectivity index (χ4v) is 2.01. The summed E-state index contributed by atoms with van der Waals surface area (Å²) in [4.78, 5) is 25.8. The Hall–Kier alpha value is -1.62. The number of pyridine rings is 1. The number of H-pyrrole nitrogens is 1. The molecule has 1 amide bonds. The molecular weight excluding hydrogens is 218 g/mol. The minimum atomic E-state index is -0.341. The molecule has 2 heterocycles. The minimum Gasteiger partial charge on any atom is -0.348 e. The molecule has 0 radical (unpaired) electrons. The Labute approximate surface area is 99.6 Å². The molecule has 5 heteroatoms. The lowest BCUT2D eigenvalue weighted by Crippen LogP contribution is -2.42. The van der Waals surface area contributed by atoms with Gasteiger partial charge in [0.15, 0.2) is 0 Å². The molecule has 1 aliphatic heterocycles. The molecule has 5 nitrogen and oxygen atoms in total. The van der Waals surface area contributed by atoms with E-state index in [2.05, 4.69) is 15.6 Å². The largest absolute Gasteiger partial charge is 0.348 e. The lowest BCUT2D eigenvalue weighted by molar-refractivity contribution is 0.0934. The van der Waals surface area contributed by atoms with Crippen molar-refractivity contribution in [3.63, 3.8) is 0 Å². The zero-order valence-corrected chi connectivity index (χ0v) is 9.66. The lowest BCUT2D eigenvalue weighted by atomic mass is 10.1. The highest BCUT2D eigenvalue weighted by molar-refractivity contribution is 5.93. The molecule has 0 aliphatic carbocycles. The van der Waals surface area contributed by atoms with Crippen LogP contribution in [0, 0.1) is 0 Å². The van der Waals surface area contributed by atoms with Gasteiger partial charge in [0.2, 0.25) is 0 Å². The molecule has 0 aromatic carbocycles. The first-order valence-electron chi connectivity index (χ1n) is 5.96. The summed E-state index contributed by atoms with van der Waals surface area (Å²) < 4.78 is 0. The average molecular weight is 235 g/mol. The lowest BCUT2D eigenvalue weighted by Gasteiger charge is -2.15. The first kappa shape index (κ1) is 11.9. The van der Waals surface area contributed by atoms with Crippen molar-refractivity contribution < 1.29 is 4.79 Å². The van der Waals surface area contributed by atoms with Crippen LogP contribution in [-0.2, 0) is 0 Å². The van der Waals surface area contributed by atoms with Crippen LogP contribution in [0.4, 0.5) is 0 Å². The molecule has 1 aromatic heterocycles. The van der Waals surface area contributed by atoms with Crippen molar-refractivity contribution in [2.24, 2.45) is 0 Å². The molecule has 2 rings (SSSR count). The van der Waals surface area contributed by atoms with E-state index in [9.17, 15) is 9.59 Å². The van der Waals surface area contributed by atoms with Crippen LogP contribution in [0.15, 0.2) is 23.1 Å². The molecular formula is C12H17N3O2. The molecule has 1 aromatic rings. The Morgan fingerprint density at radius 2 is 2.29 bits per heavy atom. The van der Waals surface area contributed by atoms with E-state index in [1.807, 2.05) is 0 Å². The number of amides is 1. The number of hydrogen-bond donors (Lipinski definition) is 3. The van der Waals surface area contributed by atoms with Gasteiger partial charge in [-0.2, -0.15) is 0 Å². The summed E-state index contributed by atoms with van der Waals surface area (Å²) >= 11 is 0. The summed E-state index contributed by atoms with van der Waals surface area (Å²) in [5, 5.41) is 6.16. The van der Waals surface area contributed by atoms with Crippen molar-refractivity contribution in [2.45, 2.75) is 25.3 Å². The Kier molecular flexibility index (Phi) is 3.93. The van der Waals surface area contributed by atoms with Gasteiger partial charge in [0, 0.05) is 18.8 Å². The van der Waals surface area contributed by atoms with Gasteiger partial charge in [-0.1, -0.05) is 6.42 Å². The summed E-state index contributed by atoms with van der Waals surface area (Å²) in [7, 11) is 0. The van der Waals surface area contributed by atoms with Gasteiger partial charge in [-0.25, -0.2) is 0 Å². The molecule has 1 fully saturated rings. The van der Waals surface area contributed by atoms with E-state index in [0.29, 0.717) is 0 Å². The van der Waals surface area contributed by atoms with Crippen molar-refractivity contribution in [3.8, 4) is 0 Å². The summed E-state index contributed by atoms with van der Waals surface area (Å²) in [6.07, 6.45) is 4.72. The second-order valence-corrected chi connectivity index (χ2v) is 4.28. The van der Waals surface area contributed by atoms with E-state index in [4.69, 9.17) is 0 Å². The molecule has 1 aliphatic rings. The zero-order valence-electron chi connectivity index (χ0n) is 9.66. The van der Waals surface area contributed by atoms with E-state index < -0.39 is 0 Å². The fraction of sp³-hybridized carbons (Fsp3) is 0.500. The van der Waals surface area contributed by atoms with Crippen LogP contribution in [0.25, 0.3) is 0 Å². The standard InChI is InChI=1S/C12H17N3O2/c16-11-10(5-3-7-14-11)12(17)15-9-4-1-2-6-13-8-9/h3,5,7,9,13H,1-2,4,6,8H2,(H,14,16)(H,15,17). The smallest absolute Gasteiger partial charge is 0.260 e. The van der Waals surface area contributed by atoms with Crippen LogP contribution < -0.4 is 16.2 Å². The van der Waals surface area contributed by atoms with Crippen LogP contribution >= 0.6 is 0 Å². The highest BCUT2D eigenvalue weighted by Gasteiger charge is 2.16. The van der Waals surface area contributed by atoms with Gasteiger partial charge in [-0.3, -0.25) is 9.59 Å². The topological polar surface area (TPSA) is 74.0 Å². The number of aromatic amines is 1. The summed E-state index contributed by atoms with van der Waals surface area (Å²) in [5.74, 6) is -0.291. The van der Waals surface area contributed by atoms with Crippen molar-refractivity contribution in [1.29, 1.82) is 0 Å². The maximum absolute atomic E-state index is 11.9. The summed E-state index contributed by atoms with van der Waals surface area (Å²) in [5.41, 5.74) is -0.164. The third kappa shape index (κ3) is 3.17. The van der Waals surface area contributed by atoms with Crippen LogP contribution in [0.5, 0.6) is 0 Å². The number of carbonyl (C=O) groups excluding carboxylic acids is 1. The van der Waals surface area contributed by atoms with Gasteiger partial charge >= 0.3 is 0 Å². The number of rotatable bonds is 2. The van der Waals surface area contributed by atoms with Gasteiger partial charge < -0.3 is 15.6 Å².